The molecule has 1 saturated carbocycles. The number of benzene rings is 1. The van der Waals surface area contributed by atoms with E-state index < -0.39 is 6.10 Å². The van der Waals surface area contributed by atoms with Crippen molar-refractivity contribution in [3.63, 3.8) is 0 Å². The van der Waals surface area contributed by atoms with Gasteiger partial charge in [-0.05, 0) is 24.3 Å². The van der Waals surface area contributed by atoms with Gasteiger partial charge in [-0.25, -0.2) is 0 Å². The van der Waals surface area contributed by atoms with Crippen LogP contribution in [0.2, 0.25) is 0 Å². The van der Waals surface area contributed by atoms with Crippen molar-refractivity contribution in [3.05, 3.63) is 23.3 Å². The summed E-state index contributed by atoms with van der Waals surface area (Å²) in [7, 11) is 1.56. The maximum absolute atomic E-state index is 10.2. The molecule has 25 heavy (non-hydrogen) atoms. The van der Waals surface area contributed by atoms with Crippen LogP contribution in [-0.4, -0.2) is 37.5 Å². The molecule has 0 saturated heterocycles. The number of ether oxygens (including phenoxy) is 2. The van der Waals surface area contributed by atoms with E-state index >= 15 is 0 Å². The number of hydrogen-bond donors (Lipinski definition) is 2. The van der Waals surface area contributed by atoms with Crippen LogP contribution >= 0.6 is 0 Å². The summed E-state index contributed by atoms with van der Waals surface area (Å²) in [6, 6.07) is 6.22. The molecule has 0 bridgehead atoms. The largest absolute Gasteiger partial charge is 0.495 e. The Labute approximate surface area is 150 Å². The predicted octanol–water partition coefficient (Wildman–Crippen LogP) is 3.14. The van der Waals surface area contributed by atoms with Crippen molar-refractivity contribution < 1.29 is 14.6 Å². The number of nitrogens with one attached hydrogen (secondary N) is 1. The first-order valence-corrected chi connectivity index (χ1v) is 9.02. The normalized spacial score (nSPS) is 16.5. The maximum atomic E-state index is 10.2. The summed E-state index contributed by atoms with van der Waals surface area (Å²) in [4.78, 5) is 0. The molecule has 2 rings (SSSR count). The van der Waals surface area contributed by atoms with Crippen LogP contribution in [0.3, 0.4) is 0 Å². The van der Waals surface area contributed by atoms with Crippen LogP contribution < -0.4 is 14.8 Å². The lowest BCUT2D eigenvalue weighted by Crippen LogP contribution is -2.36. The molecule has 0 amide bonds. The summed E-state index contributed by atoms with van der Waals surface area (Å²) in [6.45, 7) is 6.97. The number of hydrogen-bond acceptors (Lipinski definition) is 5. The van der Waals surface area contributed by atoms with Crippen molar-refractivity contribution in [3.8, 4) is 17.6 Å². The number of rotatable bonds is 7. The Balaban J connectivity index is 2.05. The highest BCUT2D eigenvalue weighted by atomic mass is 16.5. The van der Waals surface area contributed by atoms with Crippen LogP contribution in [0.15, 0.2) is 12.1 Å². The van der Waals surface area contributed by atoms with Gasteiger partial charge in [-0.2, -0.15) is 5.26 Å². The second-order valence-electron chi connectivity index (χ2n) is 7.76. The van der Waals surface area contributed by atoms with E-state index in [-0.39, 0.29) is 12.0 Å². The van der Waals surface area contributed by atoms with Crippen molar-refractivity contribution in [1.29, 1.82) is 5.26 Å². The first-order valence-electron chi connectivity index (χ1n) is 9.02. The second-order valence-corrected chi connectivity index (χ2v) is 7.76. The molecule has 0 aromatic heterocycles. The molecule has 1 unspecified atom stereocenters. The smallest absolute Gasteiger partial charge is 0.137 e. The summed E-state index contributed by atoms with van der Waals surface area (Å²) in [5.41, 5.74) is 1.23. The van der Waals surface area contributed by atoms with Gasteiger partial charge in [0.25, 0.3) is 0 Å². The highest BCUT2D eigenvalue weighted by Gasteiger charge is 2.23. The van der Waals surface area contributed by atoms with Gasteiger partial charge < -0.3 is 19.9 Å². The molecule has 1 aliphatic rings. The first-order chi connectivity index (χ1) is 11.8. The molecule has 138 valence electrons. The van der Waals surface area contributed by atoms with Gasteiger partial charge in [-0.15, -0.1) is 0 Å². The summed E-state index contributed by atoms with van der Waals surface area (Å²) >= 11 is 0. The first kappa shape index (κ1) is 19.6. The summed E-state index contributed by atoms with van der Waals surface area (Å²) < 4.78 is 11.2. The van der Waals surface area contributed by atoms with Gasteiger partial charge in [-0.3, -0.25) is 0 Å². The highest BCUT2D eigenvalue weighted by molar-refractivity contribution is 5.54. The van der Waals surface area contributed by atoms with Gasteiger partial charge in [-0.1, -0.05) is 33.6 Å². The van der Waals surface area contributed by atoms with E-state index in [0.29, 0.717) is 29.6 Å². The van der Waals surface area contributed by atoms with Crippen molar-refractivity contribution in [1.82, 2.24) is 5.32 Å². The third kappa shape index (κ3) is 5.35. The summed E-state index contributed by atoms with van der Waals surface area (Å²) in [5.74, 6) is 1.17. The number of aliphatic hydroxyl groups is 1. The van der Waals surface area contributed by atoms with Crippen LogP contribution in [0.1, 0.15) is 57.6 Å². The Bertz CT molecular complexity index is 611. The highest BCUT2D eigenvalue weighted by Crippen LogP contribution is 2.36. The molecule has 0 radical (unpaired) electrons. The monoisotopic (exact) mass is 346 g/mol. The molecule has 1 atom stereocenters. The molecule has 0 aliphatic heterocycles. The van der Waals surface area contributed by atoms with E-state index in [0.717, 1.165) is 5.56 Å². The molecule has 2 N–H and O–H groups in total. The van der Waals surface area contributed by atoms with Gasteiger partial charge in [0.15, 0.2) is 0 Å². The molecule has 1 fully saturated rings. The topological polar surface area (TPSA) is 74.5 Å². The Morgan fingerprint density at radius 2 is 1.96 bits per heavy atom. The third-order valence-corrected chi connectivity index (χ3v) is 4.66. The predicted molar refractivity (Wildman–Crippen MR) is 98.2 cm³/mol. The SMILES string of the molecule is COc1cc(C(C)(C)C)c(OCC(O)CNC2CCCC2)cc1C#N. The lowest BCUT2D eigenvalue weighted by molar-refractivity contribution is 0.102. The van der Waals surface area contributed by atoms with Crippen LogP contribution in [0.25, 0.3) is 0 Å². The molecule has 1 aromatic rings. The van der Waals surface area contributed by atoms with E-state index in [1.165, 1.54) is 25.7 Å². The lowest BCUT2D eigenvalue weighted by Gasteiger charge is -2.25. The molecule has 1 aliphatic carbocycles. The van der Waals surface area contributed by atoms with Gasteiger partial charge >= 0.3 is 0 Å². The molecule has 1 aromatic carbocycles. The summed E-state index contributed by atoms with van der Waals surface area (Å²) in [6.07, 6.45) is 4.32. The van der Waals surface area contributed by atoms with Crippen LogP contribution in [0.5, 0.6) is 11.5 Å². The Kier molecular flexibility index (Phi) is 6.69. The Hall–Kier alpha value is -1.77. The molecule has 5 nitrogen and oxygen atoms in total. The molecular formula is C20H30N2O3. The van der Waals surface area contributed by atoms with Crippen molar-refractivity contribution in [2.45, 2.75) is 64.0 Å². The fraction of sp³-hybridized carbons (Fsp3) is 0.650. The Morgan fingerprint density at radius 1 is 1.28 bits per heavy atom. The minimum Gasteiger partial charge on any atom is -0.495 e. The van der Waals surface area contributed by atoms with Crippen LogP contribution in [0, 0.1) is 11.3 Å². The van der Waals surface area contributed by atoms with E-state index in [1.54, 1.807) is 13.2 Å². The van der Waals surface area contributed by atoms with E-state index in [4.69, 9.17) is 9.47 Å². The lowest BCUT2D eigenvalue weighted by atomic mass is 9.85. The van der Waals surface area contributed by atoms with Gasteiger partial charge in [0.1, 0.15) is 30.3 Å². The minimum atomic E-state index is -0.582. The van der Waals surface area contributed by atoms with E-state index in [9.17, 15) is 10.4 Å². The van der Waals surface area contributed by atoms with Gasteiger partial charge in [0.05, 0.1) is 12.7 Å². The summed E-state index contributed by atoms with van der Waals surface area (Å²) in [5, 5.41) is 22.9. The third-order valence-electron chi connectivity index (χ3n) is 4.66. The molecule has 0 heterocycles. The zero-order valence-electron chi connectivity index (χ0n) is 15.8. The molecule has 5 heteroatoms. The second kappa shape index (κ2) is 8.55. The maximum Gasteiger partial charge on any atom is 0.137 e. The number of nitriles is 1. The fourth-order valence-electron chi connectivity index (χ4n) is 3.20. The Morgan fingerprint density at radius 3 is 2.52 bits per heavy atom. The van der Waals surface area contributed by atoms with Crippen LogP contribution in [-0.2, 0) is 5.41 Å². The zero-order chi connectivity index (χ0) is 18.4. The zero-order valence-corrected chi connectivity index (χ0v) is 15.8. The van der Waals surface area contributed by atoms with Crippen LogP contribution in [0.4, 0.5) is 0 Å². The number of methoxy groups -OCH3 is 1. The number of aliphatic hydroxyl groups excluding tert-OH is 1. The van der Waals surface area contributed by atoms with Gasteiger partial charge in [0, 0.05) is 24.2 Å². The quantitative estimate of drug-likeness (QED) is 0.793. The molecule has 0 spiro atoms. The number of nitrogens with zero attached hydrogens (tertiary/aromatic N) is 1. The van der Waals surface area contributed by atoms with E-state index in [2.05, 4.69) is 32.2 Å². The van der Waals surface area contributed by atoms with Crippen molar-refractivity contribution in [2.24, 2.45) is 0 Å². The van der Waals surface area contributed by atoms with Crippen molar-refractivity contribution in [2.75, 3.05) is 20.3 Å². The minimum absolute atomic E-state index is 0.163. The fourth-order valence-corrected chi connectivity index (χ4v) is 3.20. The average Bonchev–Trinajstić information content (AvgIpc) is 3.09. The molecular weight excluding hydrogens is 316 g/mol. The van der Waals surface area contributed by atoms with Crippen molar-refractivity contribution >= 4 is 0 Å². The van der Waals surface area contributed by atoms with E-state index in [1.807, 2.05) is 6.07 Å². The standard InChI is InChI=1S/C20H30N2O3/c1-20(2,3)17-10-18(24-4)14(11-21)9-19(17)25-13-16(23)12-22-15-7-5-6-8-15/h9-10,15-16,22-23H,5-8,12-13H2,1-4H3. The average molecular weight is 346 g/mol. The van der Waals surface area contributed by atoms with Gasteiger partial charge in [0.2, 0.25) is 0 Å².